The van der Waals surface area contributed by atoms with E-state index >= 15 is 0 Å². The molecule has 1 aromatic heterocycles. The molecular weight excluding hydrogens is 378 g/mol. The largest absolute Gasteiger partial charge is 0.489 e. The number of benzene rings is 3. The molecule has 0 aliphatic heterocycles. The van der Waals surface area contributed by atoms with E-state index in [9.17, 15) is 4.79 Å². The Morgan fingerprint density at radius 3 is 2.52 bits per heavy atom. The van der Waals surface area contributed by atoms with Crippen molar-refractivity contribution in [2.45, 2.75) is 38.3 Å². The highest BCUT2D eigenvalue weighted by atomic mass is 32.1. The predicted octanol–water partition coefficient (Wildman–Crippen LogP) is 6.42. The lowest BCUT2D eigenvalue weighted by Crippen LogP contribution is -2.16. The average molecular weight is 402 g/mol. The minimum absolute atomic E-state index is 0.152. The number of rotatable bonds is 5. The van der Waals surface area contributed by atoms with Crippen molar-refractivity contribution in [1.29, 1.82) is 0 Å². The van der Waals surface area contributed by atoms with Crippen molar-refractivity contribution >= 4 is 21.6 Å². The van der Waals surface area contributed by atoms with Crippen LogP contribution < -0.4 is 10.3 Å². The maximum Gasteiger partial charge on any atom is 0.268 e. The molecular formula is C25H23NO2S. The lowest BCUT2D eigenvalue weighted by Gasteiger charge is -2.08. The highest BCUT2D eigenvalue weighted by molar-refractivity contribution is 7.13. The van der Waals surface area contributed by atoms with Crippen molar-refractivity contribution in [3.8, 4) is 16.9 Å². The molecule has 4 aromatic rings. The van der Waals surface area contributed by atoms with Gasteiger partial charge in [0.25, 0.3) is 5.56 Å². The molecule has 3 aromatic carbocycles. The van der Waals surface area contributed by atoms with Crippen molar-refractivity contribution in [2.75, 3.05) is 0 Å². The molecule has 1 fully saturated rings. The quantitative estimate of drug-likeness (QED) is 0.386. The molecule has 0 unspecified atom stereocenters. The molecule has 1 heterocycles. The van der Waals surface area contributed by atoms with E-state index in [0.29, 0.717) is 12.6 Å². The molecule has 0 spiro atoms. The Hall–Kier alpha value is -2.85. The average Bonchev–Trinajstić information content (AvgIpc) is 3.41. The van der Waals surface area contributed by atoms with E-state index in [1.54, 1.807) is 11.5 Å². The van der Waals surface area contributed by atoms with E-state index in [1.165, 1.54) is 24.0 Å². The molecule has 0 bridgehead atoms. The highest BCUT2D eigenvalue weighted by Gasteiger charge is 2.21. The van der Waals surface area contributed by atoms with Gasteiger partial charge in [0.2, 0.25) is 0 Å². The number of ether oxygens (including phenoxy) is 1. The Bertz CT molecular complexity index is 1190. The minimum Gasteiger partial charge on any atom is -0.489 e. The second-order valence-corrected chi connectivity index (χ2v) is 8.69. The molecule has 3 nitrogen and oxygen atoms in total. The SMILES string of the molecule is O=c1c2ccc(OCc3cccc(-c4ccccc4)c3)cc2sn1C1CCCC1. The molecule has 146 valence electrons. The highest BCUT2D eigenvalue weighted by Crippen LogP contribution is 2.33. The summed E-state index contributed by atoms with van der Waals surface area (Å²) in [6.45, 7) is 0.504. The second kappa shape index (κ2) is 7.88. The fraction of sp³-hybridized carbons (Fsp3) is 0.240. The topological polar surface area (TPSA) is 31.2 Å². The third-order valence-electron chi connectivity index (χ3n) is 5.68. The van der Waals surface area contributed by atoms with Crippen LogP contribution in [0.4, 0.5) is 0 Å². The van der Waals surface area contributed by atoms with E-state index < -0.39 is 0 Å². The lowest BCUT2D eigenvalue weighted by atomic mass is 10.0. The third kappa shape index (κ3) is 3.73. The minimum atomic E-state index is 0.152. The van der Waals surface area contributed by atoms with Gasteiger partial charge in [-0.05, 0) is 53.8 Å². The van der Waals surface area contributed by atoms with Gasteiger partial charge in [0.1, 0.15) is 12.4 Å². The van der Waals surface area contributed by atoms with E-state index in [1.807, 2.05) is 28.2 Å². The summed E-state index contributed by atoms with van der Waals surface area (Å²) in [6, 6.07) is 25.0. The smallest absolute Gasteiger partial charge is 0.268 e. The second-order valence-electron chi connectivity index (χ2n) is 7.67. The van der Waals surface area contributed by atoms with Crippen LogP contribution in [0.15, 0.2) is 77.6 Å². The maximum atomic E-state index is 12.7. The van der Waals surface area contributed by atoms with Gasteiger partial charge in [0, 0.05) is 6.04 Å². The summed E-state index contributed by atoms with van der Waals surface area (Å²) in [6.07, 6.45) is 4.69. The summed E-state index contributed by atoms with van der Waals surface area (Å²) in [5.41, 5.74) is 3.67. The number of fused-ring (bicyclic) bond motifs is 1. The molecule has 0 N–H and O–H groups in total. The summed E-state index contributed by atoms with van der Waals surface area (Å²) in [5, 5.41) is 0.806. The van der Waals surface area contributed by atoms with Gasteiger partial charge in [-0.15, -0.1) is 0 Å². The summed E-state index contributed by atoms with van der Waals surface area (Å²) in [7, 11) is 0. The van der Waals surface area contributed by atoms with Gasteiger partial charge >= 0.3 is 0 Å². The molecule has 1 aliphatic carbocycles. The van der Waals surface area contributed by atoms with Crippen LogP contribution in [0.3, 0.4) is 0 Å². The Kier molecular flexibility index (Phi) is 4.94. The molecule has 1 aliphatic rings. The van der Waals surface area contributed by atoms with Gasteiger partial charge in [-0.3, -0.25) is 8.75 Å². The molecule has 5 rings (SSSR count). The number of hydrogen-bond acceptors (Lipinski definition) is 3. The Morgan fingerprint density at radius 1 is 0.897 bits per heavy atom. The van der Waals surface area contributed by atoms with Crippen LogP contribution in [0, 0.1) is 0 Å². The monoisotopic (exact) mass is 401 g/mol. The van der Waals surface area contributed by atoms with Gasteiger partial charge in [-0.1, -0.05) is 72.9 Å². The van der Waals surface area contributed by atoms with Gasteiger partial charge in [-0.2, -0.15) is 0 Å². The van der Waals surface area contributed by atoms with Crippen molar-refractivity contribution in [3.05, 3.63) is 88.7 Å². The van der Waals surface area contributed by atoms with E-state index in [-0.39, 0.29) is 5.56 Å². The van der Waals surface area contributed by atoms with E-state index in [0.717, 1.165) is 34.2 Å². The van der Waals surface area contributed by atoms with Gasteiger partial charge in [0.15, 0.2) is 0 Å². The first-order chi connectivity index (χ1) is 14.3. The van der Waals surface area contributed by atoms with Gasteiger partial charge in [0.05, 0.1) is 10.1 Å². The van der Waals surface area contributed by atoms with Crippen molar-refractivity contribution < 1.29 is 4.74 Å². The van der Waals surface area contributed by atoms with Crippen LogP contribution in [0.1, 0.15) is 37.3 Å². The van der Waals surface area contributed by atoms with Crippen LogP contribution in [0.5, 0.6) is 5.75 Å². The zero-order valence-corrected chi connectivity index (χ0v) is 17.0. The first-order valence-electron chi connectivity index (χ1n) is 10.2. The number of hydrogen-bond donors (Lipinski definition) is 0. The standard InChI is InChI=1S/C25H23NO2S/c27-25-23-14-13-22(16-24(23)29-26(25)21-11-4-5-12-21)28-17-18-7-6-10-20(15-18)19-8-2-1-3-9-19/h1-3,6-10,13-16,21H,4-5,11-12,17H2. The molecule has 29 heavy (non-hydrogen) atoms. The van der Waals surface area contributed by atoms with Crippen LogP contribution in [0.25, 0.3) is 21.2 Å². The Labute approximate surface area is 174 Å². The normalized spacial score (nSPS) is 14.5. The van der Waals surface area contributed by atoms with Crippen LogP contribution in [-0.4, -0.2) is 3.96 Å². The summed E-state index contributed by atoms with van der Waals surface area (Å²) in [5.74, 6) is 0.808. The van der Waals surface area contributed by atoms with Crippen LogP contribution >= 0.6 is 11.5 Å². The van der Waals surface area contributed by atoms with E-state index in [4.69, 9.17) is 4.74 Å². The maximum absolute atomic E-state index is 12.7. The van der Waals surface area contributed by atoms with Gasteiger partial charge < -0.3 is 4.74 Å². The zero-order valence-electron chi connectivity index (χ0n) is 16.2. The molecule has 0 amide bonds. The summed E-state index contributed by atoms with van der Waals surface area (Å²) < 4.78 is 9.05. The fourth-order valence-electron chi connectivity index (χ4n) is 4.13. The first kappa shape index (κ1) is 18.2. The molecule has 0 saturated heterocycles. The Morgan fingerprint density at radius 2 is 1.69 bits per heavy atom. The number of nitrogens with zero attached hydrogens (tertiary/aromatic N) is 1. The lowest BCUT2D eigenvalue weighted by molar-refractivity contribution is 0.307. The molecule has 0 radical (unpaired) electrons. The Balaban J connectivity index is 1.35. The number of aromatic nitrogens is 1. The third-order valence-corrected chi connectivity index (χ3v) is 6.87. The zero-order chi connectivity index (χ0) is 19.6. The summed E-state index contributed by atoms with van der Waals surface area (Å²) in [4.78, 5) is 12.7. The van der Waals surface area contributed by atoms with E-state index in [2.05, 4.69) is 48.5 Å². The first-order valence-corrected chi connectivity index (χ1v) is 11.0. The molecule has 4 heteroatoms. The fourth-order valence-corrected chi connectivity index (χ4v) is 5.30. The van der Waals surface area contributed by atoms with Crippen LogP contribution in [-0.2, 0) is 6.61 Å². The van der Waals surface area contributed by atoms with Crippen molar-refractivity contribution in [2.24, 2.45) is 0 Å². The molecule has 0 atom stereocenters. The summed E-state index contributed by atoms with van der Waals surface area (Å²) >= 11 is 1.58. The van der Waals surface area contributed by atoms with Crippen LogP contribution in [0.2, 0.25) is 0 Å². The predicted molar refractivity (Wildman–Crippen MR) is 120 cm³/mol. The van der Waals surface area contributed by atoms with Crippen molar-refractivity contribution in [3.63, 3.8) is 0 Å². The molecule has 1 saturated carbocycles. The van der Waals surface area contributed by atoms with Gasteiger partial charge in [-0.25, -0.2) is 0 Å². The van der Waals surface area contributed by atoms with Crippen molar-refractivity contribution in [1.82, 2.24) is 3.96 Å².